The number of ether oxygens (including phenoxy) is 1. The van der Waals surface area contributed by atoms with Crippen LogP contribution in [0, 0.1) is 11.6 Å². The van der Waals surface area contributed by atoms with E-state index in [2.05, 4.69) is 9.62 Å². The Bertz CT molecular complexity index is 1090. The lowest BCUT2D eigenvalue weighted by atomic mass is 9.93. The number of nitrogens with one attached hydrogen (secondary N) is 1. The standard InChI is InChI=1S/C22H27F2N3O3S.2ClH/c1-13(2)26-31(28,29)18-5-3-14-10-27(11-15(14)7-18)17-9-21(25)22(30-12-17)19-8-16(23)4-6-20(19)24;;/h3-8,13,17,21-22,26H,9-12,25H2,1-2H3;2*1H/t17-,21+,22-;;/m1../s1. The van der Waals surface area contributed by atoms with Gasteiger partial charge in [0.15, 0.2) is 0 Å². The van der Waals surface area contributed by atoms with Gasteiger partial charge >= 0.3 is 0 Å². The topological polar surface area (TPSA) is 84.7 Å². The number of rotatable bonds is 5. The lowest BCUT2D eigenvalue weighted by molar-refractivity contribution is -0.0531. The number of nitrogens with zero attached hydrogens (tertiary/aromatic N) is 1. The highest BCUT2D eigenvalue weighted by Gasteiger charge is 2.36. The van der Waals surface area contributed by atoms with Gasteiger partial charge in [-0.2, -0.15) is 0 Å². The molecule has 6 nitrogen and oxygen atoms in total. The van der Waals surface area contributed by atoms with Crippen LogP contribution in [0.25, 0.3) is 0 Å². The van der Waals surface area contributed by atoms with Crippen molar-refractivity contribution in [1.82, 2.24) is 9.62 Å². The summed E-state index contributed by atoms with van der Waals surface area (Å²) in [6.45, 7) is 5.14. The quantitative estimate of drug-likeness (QED) is 0.624. The van der Waals surface area contributed by atoms with Gasteiger partial charge in [-0.3, -0.25) is 4.90 Å². The second-order valence-electron chi connectivity index (χ2n) is 8.58. The van der Waals surface area contributed by atoms with Crippen molar-refractivity contribution < 1.29 is 21.9 Å². The third-order valence-corrected chi connectivity index (χ3v) is 7.46. The van der Waals surface area contributed by atoms with Crippen LogP contribution >= 0.6 is 24.8 Å². The maximum absolute atomic E-state index is 14.2. The van der Waals surface area contributed by atoms with Crippen molar-refractivity contribution in [2.24, 2.45) is 5.73 Å². The van der Waals surface area contributed by atoms with Gasteiger partial charge in [0.1, 0.15) is 17.7 Å². The van der Waals surface area contributed by atoms with Crippen LogP contribution in [0.3, 0.4) is 0 Å². The Balaban J connectivity index is 0.00000193. The van der Waals surface area contributed by atoms with Crippen LogP contribution in [-0.4, -0.2) is 38.1 Å². The first kappa shape index (κ1) is 27.9. The van der Waals surface area contributed by atoms with E-state index in [0.717, 1.165) is 29.3 Å². The molecule has 0 amide bonds. The van der Waals surface area contributed by atoms with Gasteiger partial charge in [0.05, 0.1) is 11.5 Å². The molecule has 0 radical (unpaired) electrons. The largest absolute Gasteiger partial charge is 0.370 e. The average molecular weight is 524 g/mol. The molecule has 1 saturated heterocycles. The number of halogens is 4. The van der Waals surface area contributed by atoms with Gasteiger partial charge in [-0.15, -0.1) is 24.8 Å². The second kappa shape index (κ2) is 10.9. The first-order valence-corrected chi connectivity index (χ1v) is 11.8. The molecule has 2 heterocycles. The van der Waals surface area contributed by atoms with Crippen LogP contribution in [0.5, 0.6) is 0 Å². The highest BCUT2D eigenvalue weighted by Crippen LogP contribution is 2.34. The summed E-state index contributed by atoms with van der Waals surface area (Å²) in [6, 6.07) is 7.82. The predicted molar refractivity (Wildman–Crippen MR) is 127 cm³/mol. The van der Waals surface area contributed by atoms with Gasteiger partial charge in [-0.25, -0.2) is 21.9 Å². The molecule has 0 unspecified atom stereocenters. The molecule has 1 fully saturated rings. The minimum absolute atomic E-state index is 0. The summed E-state index contributed by atoms with van der Waals surface area (Å²) in [5, 5.41) is 0. The normalized spacial score (nSPS) is 23.0. The van der Waals surface area contributed by atoms with Crippen LogP contribution in [0.2, 0.25) is 0 Å². The van der Waals surface area contributed by atoms with E-state index in [0.29, 0.717) is 26.1 Å². The van der Waals surface area contributed by atoms with Gasteiger partial charge in [-0.05, 0) is 61.7 Å². The van der Waals surface area contributed by atoms with Gasteiger partial charge in [0.2, 0.25) is 10.0 Å². The van der Waals surface area contributed by atoms with Crippen molar-refractivity contribution >= 4 is 34.8 Å². The molecule has 0 bridgehead atoms. The molecule has 184 valence electrons. The third-order valence-electron chi connectivity index (χ3n) is 5.81. The summed E-state index contributed by atoms with van der Waals surface area (Å²) in [6.07, 6.45) is -0.134. The number of hydrogen-bond donors (Lipinski definition) is 2. The Morgan fingerprint density at radius 3 is 2.45 bits per heavy atom. The smallest absolute Gasteiger partial charge is 0.240 e. The van der Waals surface area contributed by atoms with Crippen molar-refractivity contribution in [3.8, 4) is 0 Å². The summed E-state index contributed by atoms with van der Waals surface area (Å²) in [5.74, 6) is -1.06. The van der Waals surface area contributed by atoms with E-state index < -0.39 is 33.8 Å². The summed E-state index contributed by atoms with van der Waals surface area (Å²) in [4.78, 5) is 2.44. The van der Waals surface area contributed by atoms with E-state index in [4.69, 9.17) is 10.5 Å². The van der Waals surface area contributed by atoms with Gasteiger partial charge < -0.3 is 10.5 Å². The predicted octanol–water partition coefficient (Wildman–Crippen LogP) is 3.67. The SMILES string of the molecule is CC(C)NS(=O)(=O)c1ccc2c(c1)CN([C@H]1CO[C@H](c3cc(F)ccc3F)[C@@H](N)C1)C2.Cl.Cl. The highest BCUT2D eigenvalue weighted by atomic mass is 35.5. The molecule has 33 heavy (non-hydrogen) atoms. The van der Waals surface area contributed by atoms with Crippen molar-refractivity contribution in [2.75, 3.05) is 6.61 Å². The fraction of sp³-hybridized carbons (Fsp3) is 0.455. The average Bonchev–Trinajstić information content (AvgIpc) is 3.12. The summed E-state index contributed by atoms with van der Waals surface area (Å²) < 4.78 is 61.1. The zero-order valence-electron chi connectivity index (χ0n) is 18.3. The lowest BCUT2D eigenvalue weighted by Crippen LogP contribution is -2.47. The monoisotopic (exact) mass is 523 g/mol. The fourth-order valence-electron chi connectivity index (χ4n) is 4.35. The van der Waals surface area contributed by atoms with E-state index in [1.807, 2.05) is 6.07 Å². The maximum atomic E-state index is 14.2. The molecule has 0 aromatic heterocycles. The molecule has 3 atom stereocenters. The molecule has 2 aliphatic heterocycles. The van der Waals surface area contributed by atoms with Crippen molar-refractivity contribution in [1.29, 1.82) is 0 Å². The number of benzene rings is 2. The number of hydrogen-bond acceptors (Lipinski definition) is 5. The second-order valence-corrected chi connectivity index (χ2v) is 10.3. The van der Waals surface area contributed by atoms with Gasteiger partial charge in [0, 0.05) is 36.8 Å². The Morgan fingerprint density at radius 2 is 1.79 bits per heavy atom. The Hall–Kier alpha value is -1.33. The van der Waals surface area contributed by atoms with E-state index in [1.54, 1.807) is 26.0 Å². The molecule has 0 aliphatic carbocycles. The molecule has 2 aromatic carbocycles. The summed E-state index contributed by atoms with van der Waals surface area (Å²) in [7, 11) is -3.56. The zero-order valence-corrected chi connectivity index (χ0v) is 20.8. The molecular weight excluding hydrogens is 495 g/mol. The van der Waals surface area contributed by atoms with E-state index in [9.17, 15) is 17.2 Å². The molecule has 0 spiro atoms. The number of fused-ring (bicyclic) bond motifs is 1. The summed E-state index contributed by atoms with van der Waals surface area (Å²) in [5.41, 5.74) is 8.46. The van der Waals surface area contributed by atoms with Gasteiger partial charge in [-0.1, -0.05) is 6.07 Å². The molecule has 2 aromatic rings. The van der Waals surface area contributed by atoms with Crippen molar-refractivity contribution in [3.63, 3.8) is 0 Å². The molecule has 11 heteroatoms. The zero-order chi connectivity index (χ0) is 22.3. The molecular formula is C22H29Cl2F2N3O3S. The molecule has 2 aliphatic rings. The molecule has 3 N–H and O–H groups in total. The lowest BCUT2D eigenvalue weighted by Gasteiger charge is -2.38. The van der Waals surface area contributed by atoms with Crippen LogP contribution in [0.15, 0.2) is 41.3 Å². The highest BCUT2D eigenvalue weighted by molar-refractivity contribution is 7.89. The minimum atomic E-state index is -3.56. The summed E-state index contributed by atoms with van der Waals surface area (Å²) >= 11 is 0. The van der Waals surface area contributed by atoms with E-state index >= 15 is 0 Å². The van der Waals surface area contributed by atoms with E-state index in [1.165, 1.54) is 0 Å². The van der Waals surface area contributed by atoms with Gasteiger partial charge in [0.25, 0.3) is 0 Å². The van der Waals surface area contributed by atoms with Crippen LogP contribution in [-0.2, 0) is 27.8 Å². The van der Waals surface area contributed by atoms with Crippen molar-refractivity contribution in [3.05, 3.63) is 64.7 Å². The minimum Gasteiger partial charge on any atom is -0.370 e. The Morgan fingerprint density at radius 1 is 1.09 bits per heavy atom. The Kier molecular flexibility index (Phi) is 9.26. The number of nitrogens with two attached hydrogens (primary N) is 1. The third kappa shape index (κ3) is 6.03. The first-order valence-electron chi connectivity index (χ1n) is 10.3. The van der Waals surface area contributed by atoms with Crippen LogP contribution in [0.4, 0.5) is 8.78 Å². The van der Waals surface area contributed by atoms with E-state index in [-0.39, 0.29) is 47.4 Å². The maximum Gasteiger partial charge on any atom is 0.240 e. The Labute approximate surface area is 205 Å². The van der Waals surface area contributed by atoms with Crippen LogP contribution < -0.4 is 10.5 Å². The van der Waals surface area contributed by atoms with Crippen LogP contribution in [0.1, 0.15) is 43.1 Å². The fourth-order valence-corrected chi connectivity index (χ4v) is 5.65. The molecule has 0 saturated carbocycles. The molecule has 4 rings (SSSR count). The first-order chi connectivity index (χ1) is 14.6. The number of sulfonamides is 1. The van der Waals surface area contributed by atoms with Crippen molar-refractivity contribution in [2.45, 2.75) is 62.5 Å².